The van der Waals surface area contributed by atoms with E-state index in [2.05, 4.69) is 65.5 Å². The predicted octanol–water partition coefficient (Wildman–Crippen LogP) is 3.09. The van der Waals surface area contributed by atoms with Crippen molar-refractivity contribution in [2.45, 2.75) is 27.3 Å². The summed E-state index contributed by atoms with van der Waals surface area (Å²) in [4.78, 5) is 0. The fourth-order valence-corrected chi connectivity index (χ4v) is 2.02. The zero-order valence-electron chi connectivity index (χ0n) is 11.0. The van der Waals surface area contributed by atoms with Gasteiger partial charge >= 0.3 is 0 Å². The average molecular weight is 299 g/mol. The fourth-order valence-electron chi connectivity index (χ4n) is 1.63. The van der Waals surface area contributed by atoms with Crippen LogP contribution in [0.15, 0.2) is 22.7 Å². The van der Waals surface area contributed by atoms with Crippen LogP contribution in [0.2, 0.25) is 0 Å². The predicted molar refractivity (Wildman–Crippen MR) is 78.3 cm³/mol. The Morgan fingerprint density at radius 2 is 1.88 bits per heavy atom. The monoisotopic (exact) mass is 298 g/mol. The van der Waals surface area contributed by atoms with Gasteiger partial charge in [0, 0.05) is 24.1 Å². The molecule has 0 aliphatic carbocycles. The van der Waals surface area contributed by atoms with Crippen molar-refractivity contribution in [3.63, 3.8) is 0 Å². The molecule has 0 saturated heterocycles. The zero-order chi connectivity index (χ0) is 12.7. The first-order chi connectivity index (χ1) is 8.09. The van der Waals surface area contributed by atoms with Crippen LogP contribution in [0.25, 0.3) is 0 Å². The van der Waals surface area contributed by atoms with Crippen LogP contribution < -0.4 is 10.6 Å². The van der Waals surface area contributed by atoms with E-state index in [1.165, 1.54) is 15.6 Å². The Morgan fingerprint density at radius 1 is 1.18 bits per heavy atom. The summed E-state index contributed by atoms with van der Waals surface area (Å²) in [6.45, 7) is 10.6. The summed E-state index contributed by atoms with van der Waals surface area (Å²) >= 11 is 3.58. The Kier molecular flexibility index (Phi) is 6.78. The van der Waals surface area contributed by atoms with Gasteiger partial charge in [-0.15, -0.1) is 0 Å². The van der Waals surface area contributed by atoms with E-state index in [-0.39, 0.29) is 0 Å². The minimum Gasteiger partial charge on any atom is -0.315 e. The molecule has 0 heterocycles. The first-order valence-electron chi connectivity index (χ1n) is 6.26. The van der Waals surface area contributed by atoms with Crippen LogP contribution in [-0.4, -0.2) is 19.6 Å². The summed E-state index contributed by atoms with van der Waals surface area (Å²) in [5, 5.41) is 6.87. The van der Waals surface area contributed by atoms with Gasteiger partial charge in [0.1, 0.15) is 0 Å². The highest BCUT2D eigenvalue weighted by atomic mass is 79.9. The number of hydrogen-bond donors (Lipinski definition) is 2. The Balaban J connectivity index is 2.20. The third-order valence-electron chi connectivity index (χ3n) is 2.55. The lowest BCUT2D eigenvalue weighted by Gasteiger charge is -2.10. The average Bonchev–Trinajstić information content (AvgIpc) is 2.27. The molecule has 0 fully saturated rings. The van der Waals surface area contributed by atoms with E-state index >= 15 is 0 Å². The van der Waals surface area contributed by atoms with Crippen molar-refractivity contribution in [2.75, 3.05) is 19.6 Å². The minimum absolute atomic E-state index is 0.723. The van der Waals surface area contributed by atoms with Gasteiger partial charge in [0.15, 0.2) is 0 Å². The molecule has 0 aliphatic heterocycles. The molecule has 0 radical (unpaired) electrons. The minimum atomic E-state index is 0.723. The second kappa shape index (κ2) is 7.85. The summed E-state index contributed by atoms with van der Waals surface area (Å²) < 4.78 is 1.19. The highest BCUT2D eigenvalue weighted by Crippen LogP contribution is 2.17. The van der Waals surface area contributed by atoms with E-state index in [4.69, 9.17) is 0 Å². The quantitative estimate of drug-likeness (QED) is 0.756. The zero-order valence-corrected chi connectivity index (χ0v) is 12.6. The normalized spacial score (nSPS) is 11.1. The molecule has 96 valence electrons. The van der Waals surface area contributed by atoms with E-state index in [1.54, 1.807) is 0 Å². The molecule has 0 amide bonds. The van der Waals surface area contributed by atoms with Gasteiger partial charge < -0.3 is 10.6 Å². The van der Waals surface area contributed by atoms with Crippen LogP contribution >= 0.6 is 15.9 Å². The van der Waals surface area contributed by atoms with Gasteiger partial charge in [0.05, 0.1) is 0 Å². The topological polar surface area (TPSA) is 24.1 Å². The second-order valence-corrected chi connectivity index (χ2v) is 5.72. The Hall–Kier alpha value is -0.380. The number of aryl methyl sites for hydroxylation is 1. The molecule has 0 bridgehead atoms. The summed E-state index contributed by atoms with van der Waals surface area (Å²) in [6.07, 6.45) is 0. The first-order valence-corrected chi connectivity index (χ1v) is 7.05. The van der Waals surface area contributed by atoms with Crippen molar-refractivity contribution in [3.05, 3.63) is 33.8 Å². The van der Waals surface area contributed by atoms with E-state index in [1.807, 2.05) is 0 Å². The molecule has 0 atom stereocenters. The maximum absolute atomic E-state index is 3.58. The third kappa shape index (κ3) is 6.20. The molecular weight excluding hydrogens is 276 g/mol. The number of nitrogens with one attached hydrogen (secondary N) is 2. The van der Waals surface area contributed by atoms with Gasteiger partial charge in [-0.1, -0.05) is 47.5 Å². The van der Waals surface area contributed by atoms with Gasteiger partial charge in [0.2, 0.25) is 0 Å². The molecule has 0 unspecified atom stereocenters. The van der Waals surface area contributed by atoms with Gasteiger partial charge in [0.25, 0.3) is 0 Å². The molecule has 0 aliphatic rings. The van der Waals surface area contributed by atoms with Gasteiger partial charge in [-0.25, -0.2) is 0 Å². The molecule has 1 rings (SSSR count). The smallest absolute Gasteiger partial charge is 0.0220 e. The summed E-state index contributed by atoms with van der Waals surface area (Å²) in [6, 6.07) is 6.46. The van der Waals surface area contributed by atoms with Crippen LogP contribution in [0.1, 0.15) is 25.0 Å². The lowest BCUT2D eigenvalue weighted by atomic mass is 10.1. The van der Waals surface area contributed by atoms with E-state index < -0.39 is 0 Å². The van der Waals surface area contributed by atoms with Crippen molar-refractivity contribution in [1.29, 1.82) is 0 Å². The largest absolute Gasteiger partial charge is 0.315 e. The number of halogens is 1. The Labute approximate surface area is 113 Å². The van der Waals surface area contributed by atoms with Gasteiger partial charge in [-0.3, -0.25) is 0 Å². The molecular formula is C14H23BrN2. The van der Waals surface area contributed by atoms with E-state index in [0.29, 0.717) is 0 Å². The van der Waals surface area contributed by atoms with Gasteiger partial charge in [-0.2, -0.15) is 0 Å². The summed E-state index contributed by atoms with van der Waals surface area (Å²) in [5.74, 6) is 0.723. The van der Waals surface area contributed by atoms with Crippen LogP contribution in [0.5, 0.6) is 0 Å². The molecule has 1 aromatic carbocycles. The number of hydrogen-bond acceptors (Lipinski definition) is 2. The second-order valence-electron chi connectivity index (χ2n) is 4.87. The van der Waals surface area contributed by atoms with Gasteiger partial charge in [-0.05, 0) is 31.0 Å². The molecule has 0 spiro atoms. The molecule has 2 N–H and O–H groups in total. The number of benzene rings is 1. The van der Waals surface area contributed by atoms with Crippen LogP contribution in [0, 0.1) is 12.8 Å². The third-order valence-corrected chi connectivity index (χ3v) is 3.32. The first kappa shape index (κ1) is 14.7. The molecule has 0 saturated carbocycles. The maximum atomic E-state index is 3.58. The molecule has 17 heavy (non-hydrogen) atoms. The highest BCUT2D eigenvalue weighted by molar-refractivity contribution is 9.10. The molecule has 0 aromatic heterocycles. The van der Waals surface area contributed by atoms with Crippen molar-refractivity contribution >= 4 is 15.9 Å². The van der Waals surface area contributed by atoms with Crippen LogP contribution in [0.4, 0.5) is 0 Å². The standard InChI is InChI=1S/C14H23BrN2/c1-11(2)9-16-6-7-17-10-13-8-12(3)4-5-14(13)15/h4-5,8,11,16-17H,6-7,9-10H2,1-3H3. The van der Waals surface area contributed by atoms with Crippen molar-refractivity contribution in [3.8, 4) is 0 Å². The highest BCUT2D eigenvalue weighted by Gasteiger charge is 1.99. The van der Waals surface area contributed by atoms with Crippen LogP contribution in [0.3, 0.4) is 0 Å². The van der Waals surface area contributed by atoms with E-state index in [0.717, 1.165) is 32.1 Å². The Morgan fingerprint density at radius 3 is 2.59 bits per heavy atom. The number of rotatable bonds is 7. The van der Waals surface area contributed by atoms with Crippen molar-refractivity contribution < 1.29 is 0 Å². The fraction of sp³-hybridized carbons (Fsp3) is 0.571. The molecule has 3 heteroatoms. The summed E-state index contributed by atoms with van der Waals surface area (Å²) in [7, 11) is 0. The van der Waals surface area contributed by atoms with Crippen molar-refractivity contribution in [1.82, 2.24) is 10.6 Å². The lowest BCUT2D eigenvalue weighted by Crippen LogP contribution is -2.29. The lowest BCUT2D eigenvalue weighted by molar-refractivity contribution is 0.535. The van der Waals surface area contributed by atoms with Crippen LogP contribution in [-0.2, 0) is 6.54 Å². The molecule has 2 nitrogen and oxygen atoms in total. The van der Waals surface area contributed by atoms with Crippen molar-refractivity contribution in [2.24, 2.45) is 5.92 Å². The maximum Gasteiger partial charge on any atom is 0.0220 e. The Bertz CT molecular complexity index is 337. The summed E-state index contributed by atoms with van der Waals surface area (Å²) in [5.41, 5.74) is 2.64. The van der Waals surface area contributed by atoms with E-state index in [9.17, 15) is 0 Å². The molecule has 1 aromatic rings. The SMILES string of the molecule is Cc1ccc(Br)c(CNCCNCC(C)C)c1.